The monoisotopic (exact) mass is 387 g/mol. The molecule has 0 saturated carbocycles. The summed E-state index contributed by atoms with van der Waals surface area (Å²) in [6, 6.07) is 6.52. The Hall–Kier alpha value is -2.53. The summed E-state index contributed by atoms with van der Waals surface area (Å²) in [4.78, 5) is 11.9. The molecule has 0 N–H and O–H groups in total. The highest BCUT2D eigenvalue weighted by Crippen LogP contribution is 2.44. The van der Waals surface area contributed by atoms with Crippen LogP contribution in [0.4, 0.5) is 0 Å². The van der Waals surface area contributed by atoms with Crippen molar-refractivity contribution in [3.05, 3.63) is 70.6 Å². The second kappa shape index (κ2) is 7.06. The quantitative estimate of drug-likeness (QED) is 0.680. The molecule has 1 spiro atoms. The van der Waals surface area contributed by atoms with Crippen LogP contribution in [0, 0.1) is 20.8 Å². The molecule has 1 aromatic carbocycles. The number of rotatable bonds is 3. The molecular formula is C24H29N5. The normalized spacial score (nSPS) is 21.6. The fourth-order valence-electron chi connectivity index (χ4n) is 5.10. The minimum absolute atomic E-state index is 0.214. The van der Waals surface area contributed by atoms with Crippen LogP contribution in [0.3, 0.4) is 0 Å². The molecule has 150 valence electrons. The lowest BCUT2D eigenvalue weighted by Gasteiger charge is -2.40. The predicted molar refractivity (Wildman–Crippen MR) is 114 cm³/mol. The molecule has 5 rings (SSSR count). The summed E-state index contributed by atoms with van der Waals surface area (Å²) in [5.74, 6) is 0.900. The number of piperidine rings is 1. The van der Waals surface area contributed by atoms with E-state index in [4.69, 9.17) is 4.98 Å². The molecule has 1 fully saturated rings. The Labute approximate surface area is 172 Å². The van der Waals surface area contributed by atoms with Gasteiger partial charge in [0.25, 0.3) is 0 Å². The van der Waals surface area contributed by atoms with Crippen LogP contribution in [0.1, 0.15) is 53.0 Å². The highest BCUT2D eigenvalue weighted by molar-refractivity contribution is 5.39. The van der Waals surface area contributed by atoms with Gasteiger partial charge in [-0.3, -0.25) is 4.90 Å². The Morgan fingerprint density at radius 2 is 1.97 bits per heavy atom. The van der Waals surface area contributed by atoms with Crippen LogP contribution >= 0.6 is 0 Å². The van der Waals surface area contributed by atoms with Crippen LogP contribution in [0.15, 0.2) is 36.8 Å². The number of hydrogen-bond donors (Lipinski definition) is 0. The van der Waals surface area contributed by atoms with Crippen molar-refractivity contribution in [3.63, 3.8) is 0 Å². The Bertz CT molecular complexity index is 1050. The lowest BCUT2D eigenvalue weighted by molar-refractivity contribution is 0.136. The molecule has 1 atom stereocenters. The summed E-state index contributed by atoms with van der Waals surface area (Å²) < 4.78 is 2.00. The average Bonchev–Trinajstić information content (AvgIpc) is 3.30. The molecule has 0 radical (unpaired) electrons. The highest BCUT2D eigenvalue weighted by atomic mass is 15.3. The molecule has 1 aliphatic carbocycles. The van der Waals surface area contributed by atoms with E-state index in [2.05, 4.69) is 59.4 Å². The zero-order chi connectivity index (χ0) is 20.0. The second-order valence-electron chi connectivity index (χ2n) is 8.95. The van der Waals surface area contributed by atoms with Crippen LogP contribution in [0.5, 0.6) is 0 Å². The van der Waals surface area contributed by atoms with Crippen molar-refractivity contribution >= 4 is 0 Å². The summed E-state index contributed by atoms with van der Waals surface area (Å²) >= 11 is 0. The van der Waals surface area contributed by atoms with E-state index in [1.807, 2.05) is 17.8 Å². The molecule has 1 saturated heterocycles. The van der Waals surface area contributed by atoms with Crippen LogP contribution in [0.25, 0.3) is 5.69 Å². The average molecular weight is 388 g/mol. The molecule has 1 aliphatic heterocycles. The smallest absolute Gasteiger partial charge is 0.125 e. The van der Waals surface area contributed by atoms with Crippen molar-refractivity contribution < 1.29 is 0 Å². The van der Waals surface area contributed by atoms with Gasteiger partial charge >= 0.3 is 0 Å². The molecule has 0 bridgehead atoms. The largest absolute Gasteiger partial charge is 0.298 e. The third-order valence-corrected chi connectivity index (χ3v) is 6.81. The standard InChI is InChI=1S/C24H29N5/c1-17-5-6-22(11-18(17)2)29-15-20(12-26-29)14-28-10-4-8-24(16-28)9-7-21-13-25-19(3)27-23(21)24/h5-6,11-13,15H,4,7-10,14,16H2,1-3H3. The van der Waals surface area contributed by atoms with Gasteiger partial charge in [-0.05, 0) is 81.8 Å². The molecule has 0 amide bonds. The molecule has 3 aromatic rings. The molecule has 2 aliphatic rings. The number of nitrogens with zero attached hydrogens (tertiary/aromatic N) is 5. The van der Waals surface area contributed by atoms with Gasteiger partial charge in [-0.15, -0.1) is 0 Å². The molecule has 29 heavy (non-hydrogen) atoms. The van der Waals surface area contributed by atoms with Crippen molar-refractivity contribution in [1.82, 2.24) is 24.6 Å². The SMILES string of the molecule is Cc1ncc2c(n1)C1(CCCN(Cc3cnn(-c4ccc(C)c(C)c4)c3)C1)CC2. The fraction of sp³-hybridized carbons (Fsp3) is 0.458. The number of likely N-dealkylation sites (tertiary alicyclic amines) is 1. The lowest BCUT2D eigenvalue weighted by Crippen LogP contribution is -2.45. The number of fused-ring (bicyclic) bond motifs is 2. The molecule has 3 heterocycles. The molecular weight excluding hydrogens is 358 g/mol. The maximum atomic E-state index is 4.88. The van der Waals surface area contributed by atoms with Crippen molar-refractivity contribution in [3.8, 4) is 5.69 Å². The van der Waals surface area contributed by atoms with E-state index >= 15 is 0 Å². The van der Waals surface area contributed by atoms with E-state index in [1.165, 1.54) is 47.2 Å². The van der Waals surface area contributed by atoms with E-state index in [1.54, 1.807) is 0 Å². The third-order valence-electron chi connectivity index (χ3n) is 6.81. The number of benzene rings is 1. The van der Waals surface area contributed by atoms with Gasteiger partial charge in [-0.2, -0.15) is 5.10 Å². The first-order valence-corrected chi connectivity index (χ1v) is 10.7. The van der Waals surface area contributed by atoms with Gasteiger partial charge in [-0.25, -0.2) is 14.6 Å². The van der Waals surface area contributed by atoms with Gasteiger partial charge < -0.3 is 0 Å². The first-order valence-electron chi connectivity index (χ1n) is 10.7. The Morgan fingerprint density at radius 3 is 2.83 bits per heavy atom. The zero-order valence-electron chi connectivity index (χ0n) is 17.6. The van der Waals surface area contributed by atoms with Crippen LogP contribution in [-0.4, -0.2) is 37.7 Å². The molecule has 5 nitrogen and oxygen atoms in total. The summed E-state index contributed by atoms with van der Waals surface area (Å²) in [7, 11) is 0. The van der Waals surface area contributed by atoms with Crippen molar-refractivity contribution in [2.24, 2.45) is 0 Å². The number of aromatic nitrogens is 4. The van der Waals surface area contributed by atoms with Gasteiger partial charge in [0.2, 0.25) is 0 Å². The van der Waals surface area contributed by atoms with Crippen molar-refractivity contribution in [2.45, 2.75) is 58.4 Å². The minimum Gasteiger partial charge on any atom is -0.298 e. The summed E-state index contributed by atoms with van der Waals surface area (Å²) in [5, 5.41) is 4.63. The first kappa shape index (κ1) is 18.5. The molecule has 1 unspecified atom stereocenters. The van der Waals surface area contributed by atoms with E-state index in [0.29, 0.717) is 0 Å². The van der Waals surface area contributed by atoms with Gasteiger partial charge in [0.05, 0.1) is 17.6 Å². The van der Waals surface area contributed by atoms with Crippen molar-refractivity contribution in [1.29, 1.82) is 0 Å². The third kappa shape index (κ3) is 3.38. The van der Waals surface area contributed by atoms with Crippen LogP contribution < -0.4 is 0 Å². The maximum Gasteiger partial charge on any atom is 0.125 e. The fourth-order valence-corrected chi connectivity index (χ4v) is 5.10. The summed E-state index contributed by atoms with van der Waals surface area (Å²) in [5.41, 5.74) is 7.92. The summed E-state index contributed by atoms with van der Waals surface area (Å²) in [6.45, 7) is 9.50. The zero-order valence-corrected chi connectivity index (χ0v) is 17.6. The van der Waals surface area contributed by atoms with Crippen LogP contribution in [0.2, 0.25) is 0 Å². The first-order chi connectivity index (χ1) is 14.0. The van der Waals surface area contributed by atoms with E-state index in [0.717, 1.165) is 37.6 Å². The maximum absolute atomic E-state index is 4.88. The van der Waals surface area contributed by atoms with Gasteiger partial charge in [0, 0.05) is 36.5 Å². The van der Waals surface area contributed by atoms with E-state index in [-0.39, 0.29) is 5.41 Å². The molecule has 5 heteroatoms. The molecule has 2 aromatic heterocycles. The Balaban J connectivity index is 1.34. The topological polar surface area (TPSA) is 46.8 Å². The van der Waals surface area contributed by atoms with Crippen molar-refractivity contribution in [2.75, 3.05) is 13.1 Å². The Kier molecular flexibility index (Phi) is 4.50. The predicted octanol–water partition coefficient (Wildman–Crippen LogP) is 4.07. The van der Waals surface area contributed by atoms with E-state index < -0.39 is 0 Å². The number of hydrogen-bond acceptors (Lipinski definition) is 4. The number of aryl methyl sites for hydroxylation is 4. The summed E-state index contributed by atoms with van der Waals surface area (Å²) in [6.07, 6.45) is 11.1. The minimum atomic E-state index is 0.214. The van der Waals surface area contributed by atoms with E-state index in [9.17, 15) is 0 Å². The van der Waals surface area contributed by atoms with Gasteiger partial charge in [0.1, 0.15) is 5.82 Å². The lowest BCUT2D eigenvalue weighted by atomic mass is 9.77. The van der Waals surface area contributed by atoms with Gasteiger partial charge in [-0.1, -0.05) is 6.07 Å². The van der Waals surface area contributed by atoms with Crippen LogP contribution in [-0.2, 0) is 18.4 Å². The Morgan fingerprint density at radius 1 is 1.07 bits per heavy atom. The highest BCUT2D eigenvalue weighted by Gasteiger charge is 2.43. The second-order valence-corrected chi connectivity index (χ2v) is 8.95. The van der Waals surface area contributed by atoms with Gasteiger partial charge in [0.15, 0.2) is 0 Å².